The zero-order chi connectivity index (χ0) is 19.5. The molecule has 6 nitrogen and oxygen atoms in total. The van der Waals surface area contributed by atoms with Crippen LogP contribution in [0.4, 0.5) is 5.69 Å². The standard InChI is InChI=1S/C20H20ClN3O3S/c1-24(12-20-23-14-5-2-3-6-18(14)28-20)11-19(25)22-15-10-17-16(9-13(15)21)26-7-4-8-27-17/h2-3,5-6,9-10H,4,7-8,11-12H2,1H3,(H,22,25). The van der Waals surface area contributed by atoms with Gasteiger partial charge in [-0.15, -0.1) is 11.3 Å². The van der Waals surface area contributed by atoms with Crippen LogP contribution in [-0.4, -0.2) is 42.6 Å². The average molecular weight is 418 g/mol. The number of fused-ring (bicyclic) bond motifs is 2. The molecule has 0 fully saturated rings. The number of aromatic nitrogens is 1. The first-order chi connectivity index (χ1) is 13.6. The number of carbonyl (C=O) groups excluding carboxylic acids is 1. The number of hydrogen-bond acceptors (Lipinski definition) is 6. The molecule has 0 aliphatic carbocycles. The molecule has 2 heterocycles. The Kier molecular flexibility index (Phi) is 5.66. The molecular formula is C20H20ClN3O3S. The molecule has 2 aromatic carbocycles. The van der Waals surface area contributed by atoms with Gasteiger partial charge in [0.15, 0.2) is 11.5 Å². The number of para-hydroxylation sites is 1. The van der Waals surface area contributed by atoms with Gasteiger partial charge in [-0.1, -0.05) is 23.7 Å². The third-order valence-corrected chi connectivity index (χ3v) is 5.60. The Bertz CT molecular complexity index is 975. The second-order valence-corrected chi connectivity index (χ2v) is 8.15. The van der Waals surface area contributed by atoms with Crippen molar-refractivity contribution in [1.29, 1.82) is 0 Å². The highest BCUT2D eigenvalue weighted by Crippen LogP contribution is 2.37. The zero-order valence-electron chi connectivity index (χ0n) is 15.4. The summed E-state index contributed by atoms with van der Waals surface area (Å²) in [7, 11) is 1.89. The van der Waals surface area contributed by atoms with Gasteiger partial charge in [0, 0.05) is 18.6 Å². The molecular weight excluding hydrogens is 398 g/mol. The number of rotatable bonds is 5. The van der Waals surface area contributed by atoms with Crippen molar-refractivity contribution in [2.45, 2.75) is 13.0 Å². The number of amides is 1. The topological polar surface area (TPSA) is 63.7 Å². The number of likely N-dealkylation sites (N-methyl/N-ethyl adjacent to an activating group) is 1. The summed E-state index contributed by atoms with van der Waals surface area (Å²) < 4.78 is 12.4. The highest BCUT2D eigenvalue weighted by atomic mass is 35.5. The van der Waals surface area contributed by atoms with Crippen LogP contribution < -0.4 is 14.8 Å². The van der Waals surface area contributed by atoms with Crippen LogP contribution in [0.1, 0.15) is 11.4 Å². The first-order valence-electron chi connectivity index (χ1n) is 9.00. The highest BCUT2D eigenvalue weighted by Gasteiger charge is 2.16. The van der Waals surface area contributed by atoms with E-state index in [1.54, 1.807) is 23.5 Å². The number of halogens is 1. The maximum Gasteiger partial charge on any atom is 0.238 e. The van der Waals surface area contributed by atoms with E-state index in [0.717, 1.165) is 21.6 Å². The molecule has 28 heavy (non-hydrogen) atoms. The van der Waals surface area contributed by atoms with Crippen molar-refractivity contribution in [3.8, 4) is 11.5 Å². The molecule has 0 unspecified atom stereocenters. The number of nitrogens with one attached hydrogen (secondary N) is 1. The van der Waals surface area contributed by atoms with Gasteiger partial charge in [-0.2, -0.15) is 0 Å². The first kappa shape index (κ1) is 19.0. The molecule has 0 atom stereocenters. The monoisotopic (exact) mass is 417 g/mol. The fraction of sp³-hybridized carbons (Fsp3) is 0.300. The third kappa shape index (κ3) is 4.38. The molecule has 1 N–H and O–H groups in total. The van der Waals surface area contributed by atoms with Crippen molar-refractivity contribution in [2.24, 2.45) is 0 Å². The van der Waals surface area contributed by atoms with Crippen LogP contribution in [0.15, 0.2) is 36.4 Å². The van der Waals surface area contributed by atoms with Gasteiger partial charge in [-0.3, -0.25) is 9.69 Å². The predicted molar refractivity (Wildman–Crippen MR) is 112 cm³/mol. The Labute approximate surface area is 172 Å². The fourth-order valence-electron chi connectivity index (χ4n) is 2.99. The molecule has 1 amide bonds. The molecule has 146 valence electrons. The minimum absolute atomic E-state index is 0.153. The van der Waals surface area contributed by atoms with Crippen LogP contribution in [0.2, 0.25) is 5.02 Å². The van der Waals surface area contributed by atoms with E-state index in [1.165, 1.54) is 0 Å². The number of nitrogens with zero attached hydrogens (tertiary/aromatic N) is 2. The molecule has 0 saturated heterocycles. The largest absolute Gasteiger partial charge is 0.490 e. The number of carbonyl (C=O) groups is 1. The SMILES string of the molecule is CN(CC(=O)Nc1cc2c(cc1Cl)OCCCO2)Cc1nc2ccccc2s1. The molecule has 0 radical (unpaired) electrons. The highest BCUT2D eigenvalue weighted by molar-refractivity contribution is 7.18. The summed E-state index contributed by atoms with van der Waals surface area (Å²) in [4.78, 5) is 19.0. The molecule has 0 bridgehead atoms. The normalized spacial score (nSPS) is 13.5. The molecule has 0 spiro atoms. The number of ether oxygens (including phenoxy) is 2. The Hall–Kier alpha value is -2.35. The van der Waals surface area contributed by atoms with Gasteiger partial charge in [0.1, 0.15) is 5.01 Å². The van der Waals surface area contributed by atoms with Crippen LogP contribution in [0, 0.1) is 0 Å². The summed E-state index contributed by atoms with van der Waals surface area (Å²) in [6.45, 7) is 1.99. The lowest BCUT2D eigenvalue weighted by atomic mass is 10.2. The van der Waals surface area contributed by atoms with Gasteiger partial charge in [-0.05, 0) is 19.2 Å². The lowest BCUT2D eigenvalue weighted by Gasteiger charge is -2.16. The number of hydrogen-bond donors (Lipinski definition) is 1. The van der Waals surface area contributed by atoms with Gasteiger partial charge in [0.25, 0.3) is 0 Å². The van der Waals surface area contributed by atoms with Crippen LogP contribution in [-0.2, 0) is 11.3 Å². The summed E-state index contributed by atoms with van der Waals surface area (Å²) in [5, 5.41) is 4.26. The van der Waals surface area contributed by atoms with Crippen LogP contribution >= 0.6 is 22.9 Å². The van der Waals surface area contributed by atoms with E-state index >= 15 is 0 Å². The first-order valence-corrected chi connectivity index (χ1v) is 10.2. The van der Waals surface area contributed by atoms with E-state index in [-0.39, 0.29) is 12.5 Å². The molecule has 1 aliphatic rings. The molecule has 1 aliphatic heterocycles. The quantitative estimate of drug-likeness (QED) is 0.674. The lowest BCUT2D eigenvalue weighted by molar-refractivity contribution is -0.117. The summed E-state index contributed by atoms with van der Waals surface area (Å²) in [6, 6.07) is 11.4. The van der Waals surface area contributed by atoms with E-state index in [0.29, 0.717) is 42.0 Å². The second-order valence-electron chi connectivity index (χ2n) is 6.63. The minimum atomic E-state index is -0.153. The van der Waals surface area contributed by atoms with E-state index in [9.17, 15) is 4.79 Å². The molecule has 8 heteroatoms. The summed E-state index contributed by atoms with van der Waals surface area (Å²) in [5.41, 5.74) is 1.50. The number of benzene rings is 2. The fourth-order valence-corrected chi connectivity index (χ4v) is 4.24. The van der Waals surface area contributed by atoms with E-state index in [4.69, 9.17) is 21.1 Å². The van der Waals surface area contributed by atoms with Crippen molar-refractivity contribution >= 4 is 44.7 Å². The van der Waals surface area contributed by atoms with Gasteiger partial charge < -0.3 is 14.8 Å². The molecule has 1 aromatic heterocycles. The third-order valence-electron chi connectivity index (χ3n) is 4.27. The Balaban J connectivity index is 1.39. The smallest absolute Gasteiger partial charge is 0.238 e. The van der Waals surface area contributed by atoms with E-state index in [2.05, 4.69) is 16.4 Å². The van der Waals surface area contributed by atoms with Crippen molar-refractivity contribution in [2.75, 3.05) is 32.1 Å². The minimum Gasteiger partial charge on any atom is -0.490 e. The zero-order valence-corrected chi connectivity index (χ0v) is 17.0. The second kappa shape index (κ2) is 8.34. The summed E-state index contributed by atoms with van der Waals surface area (Å²) >= 11 is 7.94. The number of thiazole rings is 1. The van der Waals surface area contributed by atoms with Crippen molar-refractivity contribution in [1.82, 2.24) is 9.88 Å². The van der Waals surface area contributed by atoms with Gasteiger partial charge in [0.05, 0.1) is 47.2 Å². The van der Waals surface area contributed by atoms with Gasteiger partial charge in [0.2, 0.25) is 5.91 Å². The predicted octanol–water partition coefficient (Wildman–Crippen LogP) is 4.18. The number of anilines is 1. The van der Waals surface area contributed by atoms with Crippen LogP contribution in [0.3, 0.4) is 0 Å². The lowest BCUT2D eigenvalue weighted by Crippen LogP contribution is -2.29. The maximum absolute atomic E-state index is 12.5. The molecule has 4 rings (SSSR count). The Morgan fingerprint density at radius 2 is 2.00 bits per heavy atom. The van der Waals surface area contributed by atoms with Gasteiger partial charge >= 0.3 is 0 Å². The van der Waals surface area contributed by atoms with Crippen molar-refractivity contribution in [3.63, 3.8) is 0 Å². The average Bonchev–Trinajstić information content (AvgIpc) is 2.92. The summed E-state index contributed by atoms with van der Waals surface area (Å²) in [5.74, 6) is 1.05. The van der Waals surface area contributed by atoms with Crippen LogP contribution in [0.25, 0.3) is 10.2 Å². The van der Waals surface area contributed by atoms with Crippen molar-refractivity contribution < 1.29 is 14.3 Å². The molecule has 0 saturated carbocycles. The van der Waals surface area contributed by atoms with Crippen molar-refractivity contribution in [3.05, 3.63) is 46.4 Å². The van der Waals surface area contributed by atoms with Crippen LogP contribution in [0.5, 0.6) is 11.5 Å². The van der Waals surface area contributed by atoms with E-state index < -0.39 is 0 Å². The Morgan fingerprint density at radius 1 is 1.25 bits per heavy atom. The summed E-state index contributed by atoms with van der Waals surface area (Å²) in [6.07, 6.45) is 0.810. The van der Waals surface area contributed by atoms with Gasteiger partial charge in [-0.25, -0.2) is 4.98 Å². The maximum atomic E-state index is 12.5. The molecule has 3 aromatic rings. The van der Waals surface area contributed by atoms with E-state index in [1.807, 2.05) is 30.1 Å². The Morgan fingerprint density at radius 3 is 2.79 bits per heavy atom.